The van der Waals surface area contributed by atoms with Crippen LogP contribution in [-0.4, -0.2) is 37.2 Å². The number of unbranched alkanes of at least 4 members (excludes halogenated alkanes) is 3. The van der Waals surface area contributed by atoms with Gasteiger partial charge in [-0.2, -0.15) is 0 Å². The van der Waals surface area contributed by atoms with E-state index in [1.807, 2.05) is 42.5 Å². The molecule has 0 atom stereocenters. The Balaban J connectivity index is 1.44. The third kappa shape index (κ3) is 7.98. The molecule has 176 valence electrons. The Morgan fingerprint density at radius 2 is 1.61 bits per heavy atom. The molecule has 0 radical (unpaired) electrons. The molecule has 0 bridgehead atoms. The molecule has 2 aromatic rings. The van der Waals surface area contributed by atoms with Crippen molar-refractivity contribution in [3.8, 4) is 23.0 Å². The lowest BCUT2D eigenvalue weighted by Crippen LogP contribution is -2.17. The maximum atomic E-state index is 11.8. The SMILES string of the molecule is CCCCCCOc1ccc(OCCOc2ccc(/C=C3/SC(=S)NC3=O)cc2OC)cc1. The predicted molar refractivity (Wildman–Crippen MR) is 136 cm³/mol. The van der Waals surface area contributed by atoms with Gasteiger partial charge in [0.25, 0.3) is 5.91 Å². The van der Waals surface area contributed by atoms with Gasteiger partial charge in [-0.3, -0.25) is 4.79 Å². The topological polar surface area (TPSA) is 66.0 Å². The molecule has 2 aromatic carbocycles. The molecule has 6 nitrogen and oxygen atoms in total. The zero-order chi connectivity index (χ0) is 23.5. The second kappa shape index (κ2) is 13.1. The van der Waals surface area contributed by atoms with Crippen molar-refractivity contribution in [1.82, 2.24) is 5.32 Å². The van der Waals surface area contributed by atoms with E-state index in [2.05, 4.69) is 12.2 Å². The Labute approximate surface area is 204 Å². The summed E-state index contributed by atoms with van der Waals surface area (Å²) < 4.78 is 23.2. The molecule has 1 heterocycles. The highest BCUT2D eigenvalue weighted by atomic mass is 32.2. The second-order valence-corrected chi connectivity index (χ2v) is 9.06. The first-order chi connectivity index (χ1) is 16.1. The highest BCUT2D eigenvalue weighted by molar-refractivity contribution is 8.26. The fourth-order valence-electron chi connectivity index (χ4n) is 3.13. The van der Waals surface area contributed by atoms with Gasteiger partial charge in [-0.25, -0.2) is 0 Å². The molecule has 1 aliphatic rings. The van der Waals surface area contributed by atoms with E-state index in [9.17, 15) is 4.79 Å². The molecule has 1 saturated heterocycles. The minimum atomic E-state index is -0.187. The van der Waals surface area contributed by atoms with E-state index >= 15 is 0 Å². The summed E-state index contributed by atoms with van der Waals surface area (Å²) in [4.78, 5) is 12.4. The summed E-state index contributed by atoms with van der Waals surface area (Å²) in [6.45, 7) is 3.69. The highest BCUT2D eigenvalue weighted by Gasteiger charge is 2.22. The molecular formula is C25H29NO5S2. The first kappa shape index (κ1) is 24.9. The molecule has 1 N–H and O–H groups in total. The Morgan fingerprint density at radius 1 is 0.909 bits per heavy atom. The number of rotatable bonds is 13. The van der Waals surface area contributed by atoms with Gasteiger partial charge in [0.2, 0.25) is 0 Å². The summed E-state index contributed by atoms with van der Waals surface area (Å²) >= 11 is 6.26. The number of nitrogens with one attached hydrogen (secondary N) is 1. The number of carbonyl (C=O) groups excluding carboxylic acids is 1. The number of thioether (sulfide) groups is 1. The number of ether oxygens (including phenoxy) is 4. The molecule has 0 unspecified atom stereocenters. The summed E-state index contributed by atoms with van der Waals surface area (Å²) in [5.74, 6) is 2.61. The predicted octanol–water partition coefficient (Wildman–Crippen LogP) is 5.60. The molecular weight excluding hydrogens is 458 g/mol. The van der Waals surface area contributed by atoms with Gasteiger partial charge >= 0.3 is 0 Å². The second-order valence-electron chi connectivity index (χ2n) is 7.34. The normalized spacial score (nSPS) is 14.3. The quantitative estimate of drug-likeness (QED) is 0.224. The van der Waals surface area contributed by atoms with E-state index in [0.29, 0.717) is 33.9 Å². The molecule has 1 aliphatic heterocycles. The molecule has 33 heavy (non-hydrogen) atoms. The number of carbonyl (C=O) groups is 1. The average Bonchev–Trinajstić information content (AvgIpc) is 3.14. The lowest BCUT2D eigenvalue weighted by atomic mass is 10.2. The van der Waals surface area contributed by atoms with Gasteiger partial charge in [0.15, 0.2) is 11.5 Å². The first-order valence-electron chi connectivity index (χ1n) is 11.0. The zero-order valence-electron chi connectivity index (χ0n) is 18.9. The van der Waals surface area contributed by atoms with Gasteiger partial charge in [0.05, 0.1) is 18.6 Å². The van der Waals surface area contributed by atoms with Crippen LogP contribution in [-0.2, 0) is 4.79 Å². The van der Waals surface area contributed by atoms with Gasteiger partial charge in [-0.05, 0) is 54.5 Å². The Hall–Kier alpha value is -2.71. The van der Waals surface area contributed by atoms with Crippen LogP contribution >= 0.6 is 24.0 Å². The van der Waals surface area contributed by atoms with Crippen LogP contribution in [0.4, 0.5) is 0 Å². The van der Waals surface area contributed by atoms with E-state index in [4.69, 9.17) is 31.2 Å². The summed E-state index contributed by atoms with van der Waals surface area (Å²) in [7, 11) is 1.58. The minimum absolute atomic E-state index is 0.187. The number of methoxy groups -OCH3 is 1. The van der Waals surface area contributed by atoms with E-state index < -0.39 is 0 Å². The van der Waals surface area contributed by atoms with Crippen LogP contribution in [0.1, 0.15) is 38.2 Å². The Morgan fingerprint density at radius 3 is 2.24 bits per heavy atom. The summed E-state index contributed by atoms with van der Waals surface area (Å²) in [5.41, 5.74) is 0.825. The Kier molecular flexibility index (Phi) is 9.90. The van der Waals surface area contributed by atoms with Crippen LogP contribution in [0.3, 0.4) is 0 Å². The van der Waals surface area contributed by atoms with Crippen molar-refractivity contribution >= 4 is 40.3 Å². The van der Waals surface area contributed by atoms with Crippen LogP contribution in [0, 0.1) is 0 Å². The van der Waals surface area contributed by atoms with E-state index in [0.717, 1.165) is 30.1 Å². The Bertz CT molecular complexity index is 975. The lowest BCUT2D eigenvalue weighted by Gasteiger charge is -2.12. The van der Waals surface area contributed by atoms with Crippen molar-refractivity contribution in [3.05, 3.63) is 52.9 Å². The number of hydrogen-bond acceptors (Lipinski definition) is 7. The fourth-order valence-corrected chi connectivity index (χ4v) is 4.17. The number of hydrogen-bond donors (Lipinski definition) is 1. The lowest BCUT2D eigenvalue weighted by molar-refractivity contribution is -0.115. The smallest absolute Gasteiger partial charge is 0.263 e. The van der Waals surface area contributed by atoms with Crippen molar-refractivity contribution in [2.24, 2.45) is 0 Å². The van der Waals surface area contributed by atoms with Crippen molar-refractivity contribution in [2.45, 2.75) is 32.6 Å². The molecule has 0 spiro atoms. The molecule has 0 aromatic heterocycles. The molecule has 1 fully saturated rings. The van der Waals surface area contributed by atoms with Gasteiger partial charge < -0.3 is 24.3 Å². The van der Waals surface area contributed by atoms with Crippen molar-refractivity contribution in [3.63, 3.8) is 0 Å². The monoisotopic (exact) mass is 487 g/mol. The van der Waals surface area contributed by atoms with E-state index in [-0.39, 0.29) is 5.91 Å². The van der Waals surface area contributed by atoms with Crippen LogP contribution in [0.25, 0.3) is 6.08 Å². The molecule has 1 amide bonds. The van der Waals surface area contributed by atoms with Crippen LogP contribution < -0.4 is 24.3 Å². The molecule has 0 saturated carbocycles. The zero-order valence-corrected chi connectivity index (χ0v) is 20.6. The van der Waals surface area contributed by atoms with E-state index in [1.165, 1.54) is 31.0 Å². The van der Waals surface area contributed by atoms with Gasteiger partial charge in [-0.15, -0.1) is 0 Å². The number of benzene rings is 2. The highest BCUT2D eigenvalue weighted by Crippen LogP contribution is 2.31. The van der Waals surface area contributed by atoms with Crippen molar-refractivity contribution in [1.29, 1.82) is 0 Å². The fraction of sp³-hybridized carbons (Fsp3) is 0.360. The van der Waals surface area contributed by atoms with Gasteiger partial charge in [0.1, 0.15) is 29.0 Å². The van der Waals surface area contributed by atoms with Gasteiger partial charge in [-0.1, -0.05) is 56.2 Å². The summed E-state index contributed by atoms with van der Waals surface area (Å²) in [5, 5.41) is 2.60. The van der Waals surface area contributed by atoms with Crippen molar-refractivity contribution in [2.75, 3.05) is 26.9 Å². The van der Waals surface area contributed by atoms with Crippen LogP contribution in [0.2, 0.25) is 0 Å². The van der Waals surface area contributed by atoms with Crippen molar-refractivity contribution < 1.29 is 23.7 Å². The summed E-state index contributed by atoms with van der Waals surface area (Å²) in [6, 6.07) is 13.1. The standard InChI is InChI=1S/C25H29NO5S2/c1-3-4-5-6-13-29-19-8-10-20(11-9-19)30-14-15-31-21-12-7-18(16-22(21)28-2)17-23-24(27)26-25(32)33-23/h7-12,16-17H,3-6,13-15H2,1-2H3,(H,26,27,32)/b23-17+. The average molecular weight is 488 g/mol. The van der Waals surface area contributed by atoms with E-state index in [1.54, 1.807) is 13.2 Å². The third-order valence-corrected chi connectivity index (χ3v) is 5.99. The minimum Gasteiger partial charge on any atom is -0.494 e. The molecule has 0 aliphatic carbocycles. The summed E-state index contributed by atoms with van der Waals surface area (Å²) in [6.07, 6.45) is 6.52. The first-order valence-corrected chi connectivity index (χ1v) is 12.2. The van der Waals surface area contributed by atoms with Crippen LogP contribution in [0.5, 0.6) is 23.0 Å². The maximum absolute atomic E-state index is 11.8. The van der Waals surface area contributed by atoms with Gasteiger partial charge in [0, 0.05) is 0 Å². The largest absolute Gasteiger partial charge is 0.494 e. The van der Waals surface area contributed by atoms with Crippen LogP contribution in [0.15, 0.2) is 47.4 Å². The number of amides is 1. The molecule has 8 heteroatoms. The molecule has 3 rings (SSSR count). The third-order valence-electron chi connectivity index (χ3n) is 4.83. The number of thiocarbonyl (C=S) groups is 1. The maximum Gasteiger partial charge on any atom is 0.263 e.